The van der Waals surface area contributed by atoms with Gasteiger partial charge in [0.1, 0.15) is 11.5 Å². The van der Waals surface area contributed by atoms with E-state index >= 15 is 0 Å². The van der Waals surface area contributed by atoms with Gasteiger partial charge in [0.15, 0.2) is 5.17 Å². The van der Waals surface area contributed by atoms with Crippen LogP contribution in [0, 0.1) is 0 Å². The lowest BCUT2D eigenvalue weighted by atomic mass is 10.1. The van der Waals surface area contributed by atoms with Crippen molar-refractivity contribution in [1.29, 1.82) is 0 Å². The molecular formula is C19H20N6O2S2. The smallest absolute Gasteiger partial charge is 0.283 e. The number of carbonyl (C=O) groups is 1. The number of amides is 1. The summed E-state index contributed by atoms with van der Waals surface area (Å²) in [5, 5.41) is 11.0. The van der Waals surface area contributed by atoms with Crippen LogP contribution < -0.4 is 5.69 Å². The van der Waals surface area contributed by atoms with Crippen molar-refractivity contribution < 1.29 is 4.79 Å². The summed E-state index contributed by atoms with van der Waals surface area (Å²) < 4.78 is 2.29. The summed E-state index contributed by atoms with van der Waals surface area (Å²) in [7, 11) is 0. The van der Waals surface area contributed by atoms with Crippen LogP contribution in [0.5, 0.6) is 0 Å². The molecule has 1 saturated heterocycles. The average molecular weight is 429 g/mol. The highest BCUT2D eigenvalue weighted by Gasteiger charge is 2.41. The lowest BCUT2D eigenvalue weighted by Crippen LogP contribution is -2.48. The Morgan fingerprint density at radius 3 is 2.69 bits per heavy atom. The Bertz CT molecular complexity index is 1090. The number of benzene rings is 1. The topological polar surface area (TPSA) is 85.4 Å². The molecule has 150 valence electrons. The summed E-state index contributed by atoms with van der Waals surface area (Å²) in [4.78, 5) is 32.0. The third kappa shape index (κ3) is 4.03. The van der Waals surface area contributed by atoms with Crippen LogP contribution in [-0.4, -0.2) is 47.1 Å². The first-order chi connectivity index (χ1) is 14.0. The first-order valence-corrected chi connectivity index (χ1v) is 10.9. The van der Waals surface area contributed by atoms with E-state index in [1.54, 1.807) is 22.7 Å². The summed E-state index contributed by atoms with van der Waals surface area (Å²) in [6.45, 7) is 4.30. The molecule has 0 N–H and O–H groups in total. The second-order valence-electron chi connectivity index (χ2n) is 7.20. The molecule has 4 rings (SSSR count). The van der Waals surface area contributed by atoms with E-state index in [0.717, 1.165) is 16.0 Å². The van der Waals surface area contributed by atoms with E-state index in [1.165, 1.54) is 16.0 Å². The van der Waals surface area contributed by atoms with E-state index in [9.17, 15) is 9.59 Å². The molecule has 0 aliphatic carbocycles. The third-order valence-corrected chi connectivity index (χ3v) is 6.74. The van der Waals surface area contributed by atoms with Crippen LogP contribution in [0.25, 0.3) is 5.00 Å². The Hall–Kier alpha value is -2.72. The minimum Gasteiger partial charge on any atom is -0.283 e. The van der Waals surface area contributed by atoms with Crippen molar-refractivity contribution in [3.05, 3.63) is 63.9 Å². The lowest BCUT2D eigenvalue weighted by Gasteiger charge is -2.30. The lowest BCUT2D eigenvalue weighted by molar-refractivity contribution is -0.131. The van der Waals surface area contributed by atoms with Crippen LogP contribution in [0.2, 0.25) is 0 Å². The molecule has 1 aliphatic rings. The van der Waals surface area contributed by atoms with Gasteiger partial charge in [0.25, 0.3) is 5.91 Å². The molecular weight excluding hydrogens is 408 g/mol. The summed E-state index contributed by atoms with van der Waals surface area (Å²) >= 11 is 2.93. The molecule has 0 spiro atoms. The summed E-state index contributed by atoms with van der Waals surface area (Å²) in [5.74, 6) is 0.510. The minimum absolute atomic E-state index is 0.182. The minimum atomic E-state index is -0.437. The number of thioether (sulfide) groups is 1. The second kappa shape index (κ2) is 7.96. The van der Waals surface area contributed by atoms with Crippen molar-refractivity contribution in [3.8, 4) is 5.00 Å². The molecule has 1 aliphatic heterocycles. The van der Waals surface area contributed by atoms with Gasteiger partial charge in [-0.3, -0.25) is 14.7 Å². The van der Waals surface area contributed by atoms with E-state index in [0.29, 0.717) is 16.7 Å². The fourth-order valence-electron chi connectivity index (χ4n) is 3.03. The SMILES string of the molecule is CC1(C)CSC(=NCc2ccccc2)N1C(=O)Cn1nnn(-c2cccs2)c1=O. The predicted octanol–water partition coefficient (Wildman–Crippen LogP) is 2.40. The van der Waals surface area contributed by atoms with E-state index in [4.69, 9.17) is 0 Å². The molecule has 3 aromatic rings. The zero-order valence-corrected chi connectivity index (χ0v) is 17.7. The number of tetrazole rings is 1. The van der Waals surface area contributed by atoms with Crippen LogP contribution in [0.15, 0.2) is 57.6 Å². The Morgan fingerprint density at radius 1 is 1.17 bits per heavy atom. The maximum Gasteiger partial charge on any atom is 0.369 e. The highest BCUT2D eigenvalue weighted by Crippen LogP contribution is 2.33. The summed E-state index contributed by atoms with van der Waals surface area (Å²) in [6.07, 6.45) is 0. The number of amidine groups is 1. The van der Waals surface area contributed by atoms with E-state index in [2.05, 4.69) is 15.4 Å². The van der Waals surface area contributed by atoms with Gasteiger partial charge in [0, 0.05) is 5.75 Å². The number of aromatic nitrogens is 4. The van der Waals surface area contributed by atoms with Crippen LogP contribution >= 0.6 is 23.1 Å². The zero-order valence-electron chi connectivity index (χ0n) is 16.1. The maximum atomic E-state index is 13.1. The largest absolute Gasteiger partial charge is 0.369 e. The van der Waals surface area contributed by atoms with E-state index < -0.39 is 11.2 Å². The molecule has 1 amide bonds. The van der Waals surface area contributed by atoms with Gasteiger partial charge in [0.05, 0.1) is 12.1 Å². The molecule has 2 aromatic heterocycles. The Labute approximate surface area is 175 Å². The van der Waals surface area contributed by atoms with Gasteiger partial charge in [0.2, 0.25) is 0 Å². The number of thiophene rings is 1. The fraction of sp³-hybridized carbons (Fsp3) is 0.316. The van der Waals surface area contributed by atoms with Gasteiger partial charge in [-0.05, 0) is 47.4 Å². The van der Waals surface area contributed by atoms with Crippen molar-refractivity contribution in [1.82, 2.24) is 24.7 Å². The summed E-state index contributed by atoms with van der Waals surface area (Å²) in [5.41, 5.74) is 0.242. The molecule has 0 atom stereocenters. The van der Waals surface area contributed by atoms with Crippen molar-refractivity contribution in [2.45, 2.75) is 32.5 Å². The molecule has 29 heavy (non-hydrogen) atoms. The van der Waals surface area contributed by atoms with Crippen molar-refractivity contribution in [2.75, 3.05) is 5.75 Å². The highest BCUT2D eigenvalue weighted by atomic mass is 32.2. The predicted molar refractivity (Wildman–Crippen MR) is 114 cm³/mol. The average Bonchev–Trinajstić information content (AvgIpc) is 3.41. The number of hydrogen-bond donors (Lipinski definition) is 0. The number of carbonyl (C=O) groups excluding carboxylic acids is 1. The quantitative estimate of drug-likeness (QED) is 0.623. The van der Waals surface area contributed by atoms with Gasteiger partial charge in [-0.15, -0.1) is 11.3 Å². The number of hydrogen-bond acceptors (Lipinski definition) is 7. The Morgan fingerprint density at radius 2 is 1.97 bits per heavy atom. The summed E-state index contributed by atoms with van der Waals surface area (Å²) in [6, 6.07) is 13.5. The van der Waals surface area contributed by atoms with Gasteiger partial charge < -0.3 is 0 Å². The van der Waals surface area contributed by atoms with Gasteiger partial charge >= 0.3 is 5.69 Å². The van der Waals surface area contributed by atoms with Crippen molar-refractivity contribution in [3.63, 3.8) is 0 Å². The first kappa shape index (κ1) is 19.6. The van der Waals surface area contributed by atoms with Crippen molar-refractivity contribution in [2.24, 2.45) is 4.99 Å². The highest BCUT2D eigenvalue weighted by molar-refractivity contribution is 8.14. The first-order valence-electron chi connectivity index (χ1n) is 9.07. The van der Waals surface area contributed by atoms with Crippen LogP contribution in [-0.2, 0) is 17.9 Å². The molecule has 1 fully saturated rings. The number of aliphatic imine (C=N–C) groups is 1. The second-order valence-corrected chi connectivity index (χ2v) is 9.07. The van der Waals surface area contributed by atoms with E-state index in [-0.39, 0.29) is 12.5 Å². The Kier molecular flexibility index (Phi) is 5.37. The standard InChI is InChI=1S/C19H20N6O2S2/c1-19(2)13-29-17(20-11-14-7-4-3-5-8-14)24(19)15(26)12-23-18(27)25(22-21-23)16-9-6-10-28-16/h3-10H,11-13H2,1-2H3. The van der Waals surface area contributed by atoms with Gasteiger partial charge in [-0.1, -0.05) is 42.1 Å². The number of rotatable bonds is 5. The molecule has 0 bridgehead atoms. The molecule has 1 aromatic carbocycles. The van der Waals surface area contributed by atoms with Crippen LogP contribution in [0.4, 0.5) is 0 Å². The number of nitrogens with zero attached hydrogens (tertiary/aromatic N) is 6. The normalized spacial score (nSPS) is 17.2. The van der Waals surface area contributed by atoms with Crippen LogP contribution in [0.1, 0.15) is 19.4 Å². The van der Waals surface area contributed by atoms with E-state index in [1.807, 2.05) is 55.6 Å². The molecule has 0 radical (unpaired) electrons. The molecule has 0 unspecified atom stereocenters. The van der Waals surface area contributed by atoms with Crippen LogP contribution in [0.3, 0.4) is 0 Å². The van der Waals surface area contributed by atoms with Gasteiger partial charge in [-0.25, -0.2) is 4.79 Å². The molecule has 3 heterocycles. The maximum absolute atomic E-state index is 13.1. The zero-order chi connectivity index (χ0) is 20.4. The fourth-order valence-corrected chi connectivity index (χ4v) is 4.95. The van der Waals surface area contributed by atoms with Crippen molar-refractivity contribution >= 4 is 34.2 Å². The molecule has 10 heteroatoms. The molecule has 8 nitrogen and oxygen atoms in total. The third-order valence-electron chi connectivity index (χ3n) is 4.48. The Balaban J connectivity index is 1.55. The van der Waals surface area contributed by atoms with Gasteiger partial charge in [-0.2, -0.15) is 9.36 Å². The molecule has 0 saturated carbocycles. The monoisotopic (exact) mass is 428 g/mol.